The molecule has 22 heavy (non-hydrogen) atoms. The van der Waals surface area contributed by atoms with Crippen molar-refractivity contribution in [2.75, 3.05) is 24.7 Å². The van der Waals surface area contributed by atoms with Crippen molar-refractivity contribution in [3.63, 3.8) is 0 Å². The Kier molecular flexibility index (Phi) is 3.87. The highest BCUT2D eigenvalue weighted by atomic mass is 16.7. The first-order chi connectivity index (χ1) is 10.7. The summed E-state index contributed by atoms with van der Waals surface area (Å²) in [4.78, 5) is 8.02. The average molecular weight is 297 g/mol. The lowest BCUT2D eigenvalue weighted by molar-refractivity contribution is -0.182. The van der Waals surface area contributed by atoms with Gasteiger partial charge in [0.2, 0.25) is 5.95 Å². The minimum Gasteiger partial charge on any atom is -0.382 e. The summed E-state index contributed by atoms with van der Waals surface area (Å²) in [5.41, 5.74) is 13.5. The van der Waals surface area contributed by atoms with Gasteiger partial charge in [-0.2, -0.15) is 10.2 Å². The summed E-state index contributed by atoms with van der Waals surface area (Å²) >= 11 is 0. The van der Waals surface area contributed by atoms with Crippen molar-refractivity contribution in [3.8, 4) is 17.3 Å². The number of nitrogens with zero attached hydrogens (tertiary/aromatic N) is 3. The SMILES string of the molecule is N#Cc1c(N)nc(N)nc1-c1ccccc1C1OCCCO1. The van der Waals surface area contributed by atoms with Crippen LogP contribution in [0.25, 0.3) is 11.3 Å². The summed E-state index contributed by atoms with van der Waals surface area (Å²) in [5.74, 6) is 0.0806. The number of hydrogen-bond acceptors (Lipinski definition) is 7. The van der Waals surface area contributed by atoms with E-state index in [0.717, 1.165) is 12.0 Å². The smallest absolute Gasteiger partial charge is 0.222 e. The van der Waals surface area contributed by atoms with Gasteiger partial charge in [-0.3, -0.25) is 0 Å². The van der Waals surface area contributed by atoms with Gasteiger partial charge < -0.3 is 20.9 Å². The van der Waals surface area contributed by atoms with Crippen LogP contribution >= 0.6 is 0 Å². The first kappa shape index (κ1) is 14.3. The van der Waals surface area contributed by atoms with Gasteiger partial charge >= 0.3 is 0 Å². The third kappa shape index (κ3) is 2.57. The maximum absolute atomic E-state index is 9.34. The van der Waals surface area contributed by atoms with Gasteiger partial charge in [-0.15, -0.1) is 0 Å². The molecule has 2 aromatic rings. The summed E-state index contributed by atoms with van der Waals surface area (Å²) in [5, 5.41) is 9.34. The van der Waals surface area contributed by atoms with Gasteiger partial charge in [0.15, 0.2) is 6.29 Å². The fourth-order valence-electron chi connectivity index (χ4n) is 2.39. The van der Waals surface area contributed by atoms with Gasteiger partial charge in [-0.1, -0.05) is 24.3 Å². The Morgan fingerprint density at radius 3 is 2.59 bits per heavy atom. The Bertz CT molecular complexity index is 735. The Hall–Kier alpha value is -2.69. The molecule has 7 heteroatoms. The second-order valence-corrected chi connectivity index (χ2v) is 4.82. The van der Waals surface area contributed by atoms with Gasteiger partial charge in [0, 0.05) is 11.1 Å². The summed E-state index contributed by atoms with van der Waals surface area (Å²) in [6, 6.07) is 9.46. The molecule has 3 rings (SSSR count). The molecule has 0 atom stereocenters. The molecule has 1 aliphatic rings. The van der Waals surface area contributed by atoms with Crippen LogP contribution in [0.3, 0.4) is 0 Å². The fourth-order valence-corrected chi connectivity index (χ4v) is 2.39. The van der Waals surface area contributed by atoms with Gasteiger partial charge in [-0.05, 0) is 6.42 Å². The maximum Gasteiger partial charge on any atom is 0.222 e. The Labute approximate surface area is 127 Å². The molecule has 0 spiro atoms. The molecule has 1 aliphatic heterocycles. The van der Waals surface area contributed by atoms with Crippen LogP contribution in [-0.2, 0) is 9.47 Å². The second-order valence-electron chi connectivity index (χ2n) is 4.82. The Morgan fingerprint density at radius 1 is 1.14 bits per heavy atom. The predicted molar refractivity (Wildman–Crippen MR) is 80.3 cm³/mol. The molecule has 7 nitrogen and oxygen atoms in total. The molecule has 112 valence electrons. The molecule has 1 aromatic carbocycles. The van der Waals surface area contributed by atoms with Gasteiger partial charge in [0.1, 0.15) is 17.5 Å². The summed E-state index contributed by atoms with van der Waals surface area (Å²) in [6.07, 6.45) is 0.365. The van der Waals surface area contributed by atoms with Crippen LogP contribution in [0.4, 0.5) is 11.8 Å². The highest BCUT2D eigenvalue weighted by Gasteiger charge is 2.23. The molecule has 2 heterocycles. The van der Waals surface area contributed by atoms with Crippen molar-refractivity contribution in [2.24, 2.45) is 0 Å². The van der Waals surface area contributed by atoms with E-state index < -0.39 is 6.29 Å². The zero-order chi connectivity index (χ0) is 15.5. The molecule has 0 bridgehead atoms. The van der Waals surface area contributed by atoms with Crippen molar-refractivity contribution >= 4 is 11.8 Å². The van der Waals surface area contributed by atoms with Crippen LogP contribution in [0.5, 0.6) is 0 Å². The van der Waals surface area contributed by atoms with E-state index in [4.69, 9.17) is 20.9 Å². The van der Waals surface area contributed by atoms with Crippen molar-refractivity contribution < 1.29 is 9.47 Å². The molecule has 1 fully saturated rings. The Morgan fingerprint density at radius 2 is 1.86 bits per heavy atom. The van der Waals surface area contributed by atoms with Crippen LogP contribution in [0.2, 0.25) is 0 Å². The standard InChI is InChI=1S/C15H15N5O2/c16-8-11-12(19-15(18)20-13(11)17)9-4-1-2-5-10(9)14-21-6-3-7-22-14/h1-2,4-5,14H,3,6-7H2,(H4,17,18,19,20). The van der Waals surface area contributed by atoms with E-state index in [1.54, 1.807) is 0 Å². The van der Waals surface area contributed by atoms with Crippen molar-refractivity contribution in [2.45, 2.75) is 12.7 Å². The molecule has 1 saturated heterocycles. The lowest BCUT2D eigenvalue weighted by atomic mass is 10.0. The number of nitrogen functional groups attached to an aromatic ring is 2. The van der Waals surface area contributed by atoms with Crippen molar-refractivity contribution in [1.29, 1.82) is 5.26 Å². The van der Waals surface area contributed by atoms with Gasteiger partial charge in [-0.25, -0.2) is 4.98 Å². The number of benzene rings is 1. The maximum atomic E-state index is 9.34. The molecule has 0 saturated carbocycles. The van der Waals surface area contributed by atoms with E-state index in [1.165, 1.54) is 0 Å². The average Bonchev–Trinajstić information content (AvgIpc) is 2.55. The first-order valence-electron chi connectivity index (χ1n) is 6.86. The van der Waals surface area contributed by atoms with Crippen LogP contribution in [0.15, 0.2) is 24.3 Å². The number of nitriles is 1. The third-order valence-electron chi connectivity index (χ3n) is 3.36. The molecule has 0 unspecified atom stereocenters. The zero-order valence-corrected chi connectivity index (χ0v) is 11.8. The van der Waals surface area contributed by atoms with Crippen molar-refractivity contribution in [1.82, 2.24) is 9.97 Å². The van der Waals surface area contributed by atoms with E-state index >= 15 is 0 Å². The van der Waals surface area contributed by atoms with E-state index in [-0.39, 0.29) is 17.3 Å². The number of anilines is 2. The zero-order valence-electron chi connectivity index (χ0n) is 11.8. The molecule has 4 N–H and O–H groups in total. The third-order valence-corrected chi connectivity index (χ3v) is 3.36. The molecule has 0 aliphatic carbocycles. The highest BCUT2D eigenvalue weighted by molar-refractivity contribution is 5.75. The lowest BCUT2D eigenvalue weighted by Crippen LogP contribution is -2.18. The number of aromatic nitrogens is 2. The predicted octanol–water partition coefficient (Wildman–Crippen LogP) is 1.62. The quantitative estimate of drug-likeness (QED) is 0.863. The number of nitrogens with two attached hydrogens (primary N) is 2. The first-order valence-corrected chi connectivity index (χ1v) is 6.86. The molecule has 0 radical (unpaired) electrons. The highest BCUT2D eigenvalue weighted by Crippen LogP contribution is 2.34. The lowest BCUT2D eigenvalue weighted by Gasteiger charge is -2.25. The van der Waals surface area contributed by atoms with Gasteiger partial charge in [0.05, 0.1) is 18.9 Å². The van der Waals surface area contributed by atoms with Crippen LogP contribution in [0, 0.1) is 11.3 Å². The number of hydrogen-bond donors (Lipinski definition) is 2. The van der Waals surface area contributed by atoms with Crippen LogP contribution < -0.4 is 11.5 Å². The van der Waals surface area contributed by atoms with Crippen LogP contribution in [0.1, 0.15) is 23.8 Å². The van der Waals surface area contributed by atoms with E-state index in [2.05, 4.69) is 9.97 Å². The van der Waals surface area contributed by atoms with E-state index in [0.29, 0.717) is 24.5 Å². The topological polar surface area (TPSA) is 120 Å². The second kappa shape index (κ2) is 5.97. The molecule has 1 aromatic heterocycles. The molecular weight excluding hydrogens is 282 g/mol. The van der Waals surface area contributed by atoms with Crippen molar-refractivity contribution in [3.05, 3.63) is 35.4 Å². The largest absolute Gasteiger partial charge is 0.382 e. The molecular formula is C15H15N5O2. The van der Waals surface area contributed by atoms with Crippen LogP contribution in [-0.4, -0.2) is 23.2 Å². The minimum absolute atomic E-state index is 0.0202. The van der Waals surface area contributed by atoms with E-state index in [1.807, 2.05) is 30.3 Å². The minimum atomic E-state index is -0.492. The Balaban J connectivity index is 2.15. The summed E-state index contributed by atoms with van der Waals surface area (Å²) < 4.78 is 11.3. The van der Waals surface area contributed by atoms with Gasteiger partial charge in [0.25, 0.3) is 0 Å². The summed E-state index contributed by atoms with van der Waals surface area (Å²) in [7, 11) is 0. The van der Waals surface area contributed by atoms with E-state index in [9.17, 15) is 5.26 Å². The molecule has 0 amide bonds. The normalized spacial score (nSPS) is 15.4. The number of rotatable bonds is 2. The monoisotopic (exact) mass is 297 g/mol. The summed E-state index contributed by atoms with van der Waals surface area (Å²) in [6.45, 7) is 1.25. The fraction of sp³-hybridized carbons (Fsp3) is 0.267. The number of ether oxygens (including phenoxy) is 2.